The predicted octanol–water partition coefficient (Wildman–Crippen LogP) is 1.44. The quantitative estimate of drug-likeness (QED) is 0.404. The normalized spacial score (nSPS) is 13.0. The Morgan fingerprint density at radius 2 is 1.00 bits per heavy atom. The van der Waals surface area contributed by atoms with Gasteiger partial charge in [0.05, 0.1) is 9.79 Å². The minimum Gasteiger partial charge on any atom is -0.318 e. The monoisotopic (exact) mass is 478 g/mol. The molecule has 12 heteroatoms. The summed E-state index contributed by atoms with van der Waals surface area (Å²) in [6, 6.07) is 8.18. The van der Waals surface area contributed by atoms with Gasteiger partial charge in [-0.1, -0.05) is 22.4 Å². The van der Waals surface area contributed by atoms with Crippen molar-refractivity contribution in [3.05, 3.63) is 58.7 Å². The highest BCUT2D eigenvalue weighted by Gasteiger charge is 2.31. The van der Waals surface area contributed by atoms with E-state index in [1.807, 2.05) is 0 Å². The van der Waals surface area contributed by atoms with Crippen LogP contribution in [0.25, 0.3) is 0 Å². The van der Waals surface area contributed by atoms with Crippen LogP contribution in [0.5, 0.6) is 0 Å². The largest absolute Gasteiger partial charge is 0.332 e. The molecule has 0 amide bonds. The lowest BCUT2D eigenvalue weighted by molar-refractivity contribution is -0.141. The molecule has 0 saturated carbocycles. The molecule has 32 heavy (non-hydrogen) atoms. The summed E-state index contributed by atoms with van der Waals surface area (Å²) in [5.74, 6) is -1.43. The van der Waals surface area contributed by atoms with Gasteiger partial charge in [0.2, 0.25) is 0 Å². The van der Waals surface area contributed by atoms with Crippen molar-refractivity contribution in [3.8, 4) is 0 Å². The van der Waals surface area contributed by atoms with E-state index in [2.05, 4.69) is 10.3 Å². The van der Waals surface area contributed by atoms with Crippen molar-refractivity contribution in [1.82, 2.24) is 0 Å². The van der Waals surface area contributed by atoms with Crippen LogP contribution in [0.1, 0.15) is 36.1 Å². The lowest BCUT2D eigenvalue weighted by Gasteiger charge is -2.23. The highest BCUT2D eigenvalue weighted by molar-refractivity contribution is 7.91. The molecular weight excluding hydrogens is 460 g/mol. The third-order valence-corrected chi connectivity index (χ3v) is 6.61. The van der Waals surface area contributed by atoms with Gasteiger partial charge >= 0.3 is 11.9 Å². The predicted molar refractivity (Wildman–Crippen MR) is 114 cm³/mol. The molecule has 0 fully saturated rings. The summed E-state index contributed by atoms with van der Waals surface area (Å²) in [6.07, 6.45) is 2.04. The van der Waals surface area contributed by atoms with Crippen LogP contribution in [0, 0.1) is 0 Å². The average Bonchev–Trinajstić information content (AvgIpc) is 2.67. The Bertz CT molecular complexity index is 1330. The molecule has 0 bridgehead atoms. The van der Waals surface area contributed by atoms with Gasteiger partial charge in [-0.15, -0.1) is 0 Å². The van der Waals surface area contributed by atoms with E-state index in [-0.39, 0.29) is 32.3 Å². The van der Waals surface area contributed by atoms with Crippen molar-refractivity contribution in [2.45, 2.75) is 23.6 Å². The fourth-order valence-electron chi connectivity index (χ4n) is 3.02. The number of oxime groups is 2. The Morgan fingerprint density at radius 3 is 1.31 bits per heavy atom. The first-order valence-electron chi connectivity index (χ1n) is 9.00. The Labute approximate surface area is 184 Å². The standard InChI is InChI=1S/C20H18N2O8S2/c1-11(23)29-21-19-15-7-5-13(31(3,25)26)9-17(15)20(22-30-12(2)24)18-10-14(32(4,27)28)6-8-16(18)19/h5-10H,1-4H3. The highest BCUT2D eigenvalue weighted by Crippen LogP contribution is 2.32. The van der Waals surface area contributed by atoms with Gasteiger partial charge in [-0.3, -0.25) is 0 Å². The summed E-state index contributed by atoms with van der Waals surface area (Å²) in [6.45, 7) is 2.28. The molecule has 0 aliphatic heterocycles. The topological polar surface area (TPSA) is 146 Å². The highest BCUT2D eigenvalue weighted by atomic mass is 32.2. The molecule has 0 saturated heterocycles. The van der Waals surface area contributed by atoms with Crippen LogP contribution in [0.3, 0.4) is 0 Å². The first-order chi connectivity index (χ1) is 14.8. The molecule has 2 aromatic rings. The zero-order chi connectivity index (χ0) is 23.8. The number of fused-ring (bicyclic) bond motifs is 2. The number of benzene rings is 2. The van der Waals surface area contributed by atoms with Crippen LogP contribution < -0.4 is 0 Å². The first kappa shape index (κ1) is 23.3. The third kappa shape index (κ3) is 4.75. The number of carbonyl (C=O) groups is 2. The minimum atomic E-state index is -3.63. The maximum atomic E-state index is 12.1. The third-order valence-electron chi connectivity index (χ3n) is 4.39. The van der Waals surface area contributed by atoms with E-state index in [4.69, 9.17) is 9.68 Å². The van der Waals surface area contributed by atoms with Crippen LogP contribution in [-0.2, 0) is 38.9 Å². The minimum absolute atomic E-state index is 0.0166. The molecule has 168 valence electrons. The number of sulfone groups is 2. The van der Waals surface area contributed by atoms with Crippen molar-refractivity contribution >= 4 is 43.0 Å². The summed E-state index contributed by atoms with van der Waals surface area (Å²) in [5, 5.41) is 7.74. The van der Waals surface area contributed by atoms with E-state index >= 15 is 0 Å². The summed E-state index contributed by atoms with van der Waals surface area (Å²) in [4.78, 5) is 32.3. The van der Waals surface area contributed by atoms with Gasteiger partial charge in [0, 0.05) is 48.6 Å². The number of hydrogen-bond acceptors (Lipinski definition) is 10. The molecule has 0 unspecified atom stereocenters. The second-order valence-corrected chi connectivity index (χ2v) is 11.0. The number of nitrogens with zero attached hydrogens (tertiary/aromatic N) is 2. The fraction of sp³-hybridized carbons (Fsp3) is 0.200. The maximum absolute atomic E-state index is 12.1. The SMILES string of the molecule is CC(=O)ON=C1c2ccc(S(C)(=O)=O)cc2C(=NOC(C)=O)c2cc(S(C)(=O)=O)ccc21. The van der Waals surface area contributed by atoms with Crippen molar-refractivity contribution < 1.29 is 36.1 Å². The summed E-state index contributed by atoms with van der Waals surface area (Å²) in [5.41, 5.74) is 1.22. The molecule has 0 aromatic heterocycles. The summed E-state index contributed by atoms with van der Waals surface area (Å²) in [7, 11) is -7.25. The van der Waals surface area contributed by atoms with Gasteiger partial charge in [-0.05, 0) is 24.3 Å². The Kier molecular flexibility index (Phi) is 6.03. The molecule has 3 rings (SSSR count). The lowest BCUT2D eigenvalue weighted by Crippen LogP contribution is -2.24. The van der Waals surface area contributed by atoms with Gasteiger partial charge in [-0.2, -0.15) is 0 Å². The van der Waals surface area contributed by atoms with E-state index in [9.17, 15) is 26.4 Å². The van der Waals surface area contributed by atoms with Crippen LogP contribution in [-0.4, -0.2) is 52.7 Å². The zero-order valence-corrected chi connectivity index (χ0v) is 19.1. The summed E-state index contributed by atoms with van der Waals surface area (Å²) < 4.78 is 48.5. The molecule has 0 N–H and O–H groups in total. The van der Waals surface area contributed by atoms with Crippen LogP contribution in [0.15, 0.2) is 56.5 Å². The molecule has 2 aromatic carbocycles. The van der Waals surface area contributed by atoms with Crippen molar-refractivity contribution in [2.24, 2.45) is 10.3 Å². The van der Waals surface area contributed by atoms with E-state index in [0.717, 1.165) is 26.4 Å². The van der Waals surface area contributed by atoms with Gasteiger partial charge in [-0.25, -0.2) is 26.4 Å². The van der Waals surface area contributed by atoms with E-state index in [1.54, 1.807) is 0 Å². The lowest BCUT2D eigenvalue weighted by atomic mass is 9.83. The molecule has 0 radical (unpaired) electrons. The Balaban J connectivity index is 2.42. The molecule has 10 nitrogen and oxygen atoms in total. The second kappa shape index (κ2) is 8.28. The van der Waals surface area contributed by atoms with Crippen molar-refractivity contribution in [3.63, 3.8) is 0 Å². The molecule has 0 spiro atoms. The molecule has 0 atom stereocenters. The van der Waals surface area contributed by atoms with Gasteiger partial charge in [0.15, 0.2) is 19.7 Å². The molecule has 1 aliphatic rings. The number of hydrogen-bond donors (Lipinski definition) is 0. The summed E-state index contributed by atoms with van der Waals surface area (Å²) >= 11 is 0. The van der Waals surface area contributed by atoms with Gasteiger partial charge in [0.25, 0.3) is 0 Å². The van der Waals surface area contributed by atoms with E-state index in [0.29, 0.717) is 11.1 Å². The zero-order valence-electron chi connectivity index (χ0n) is 17.4. The number of rotatable bonds is 4. The fourth-order valence-corrected chi connectivity index (χ4v) is 4.31. The van der Waals surface area contributed by atoms with Crippen LogP contribution in [0.4, 0.5) is 0 Å². The smallest absolute Gasteiger partial charge is 0.318 e. The van der Waals surface area contributed by atoms with Gasteiger partial charge in [0.1, 0.15) is 11.4 Å². The van der Waals surface area contributed by atoms with Crippen LogP contribution in [0.2, 0.25) is 0 Å². The molecular formula is C20H18N2O8S2. The van der Waals surface area contributed by atoms with Crippen LogP contribution >= 0.6 is 0 Å². The van der Waals surface area contributed by atoms with Crippen molar-refractivity contribution in [1.29, 1.82) is 0 Å². The maximum Gasteiger partial charge on any atom is 0.332 e. The van der Waals surface area contributed by atoms with E-state index < -0.39 is 31.6 Å². The Morgan fingerprint density at radius 1 is 0.656 bits per heavy atom. The molecule has 0 heterocycles. The first-order valence-corrected chi connectivity index (χ1v) is 12.8. The van der Waals surface area contributed by atoms with E-state index in [1.165, 1.54) is 36.4 Å². The average molecular weight is 479 g/mol. The molecule has 1 aliphatic carbocycles. The Hall–Kier alpha value is -3.38. The van der Waals surface area contributed by atoms with Gasteiger partial charge < -0.3 is 9.68 Å². The second-order valence-electron chi connectivity index (χ2n) is 7.00. The number of carbonyl (C=O) groups excluding carboxylic acids is 2. The van der Waals surface area contributed by atoms with Crippen molar-refractivity contribution in [2.75, 3.05) is 12.5 Å².